The molecule has 0 unspecified atom stereocenters. The van der Waals surface area contributed by atoms with Gasteiger partial charge in [0, 0.05) is 11.1 Å². The van der Waals surface area contributed by atoms with Crippen LogP contribution in [-0.2, 0) is 4.74 Å². The minimum atomic E-state index is -0.0248. The van der Waals surface area contributed by atoms with E-state index in [4.69, 9.17) is 14.2 Å². The van der Waals surface area contributed by atoms with Gasteiger partial charge in [-0.15, -0.1) is 0 Å². The highest BCUT2D eigenvalue weighted by Gasteiger charge is 2.41. The number of hydrogen-bond acceptors (Lipinski definition) is 3. The van der Waals surface area contributed by atoms with Gasteiger partial charge in [0.2, 0.25) is 0 Å². The normalized spacial score (nSPS) is 24.0. The number of ether oxygens (including phenoxy) is 3. The lowest BCUT2D eigenvalue weighted by Gasteiger charge is -2.19. The van der Waals surface area contributed by atoms with Crippen molar-refractivity contribution in [2.24, 2.45) is 0 Å². The molecule has 2 aliphatic rings. The fourth-order valence-corrected chi connectivity index (χ4v) is 3.53. The van der Waals surface area contributed by atoms with Gasteiger partial charge in [-0.25, -0.2) is 0 Å². The van der Waals surface area contributed by atoms with Crippen LogP contribution in [0, 0.1) is 0 Å². The first-order valence-electron chi connectivity index (χ1n) is 5.15. The second-order valence-corrected chi connectivity index (χ2v) is 5.47. The smallest absolute Gasteiger partial charge is 0.140 e. The third kappa shape index (κ3) is 1.42. The summed E-state index contributed by atoms with van der Waals surface area (Å²) in [4.78, 5) is 0. The highest BCUT2D eigenvalue weighted by Crippen LogP contribution is 2.57. The number of benzene rings is 1. The van der Waals surface area contributed by atoms with Gasteiger partial charge in [-0.1, -0.05) is 12.2 Å². The van der Waals surface area contributed by atoms with Gasteiger partial charge in [0.05, 0.1) is 23.2 Å². The van der Waals surface area contributed by atoms with Crippen molar-refractivity contribution < 1.29 is 14.2 Å². The molecule has 0 amide bonds. The van der Waals surface area contributed by atoms with Gasteiger partial charge in [-0.05, 0) is 31.9 Å². The maximum Gasteiger partial charge on any atom is 0.140 e. The molecular weight excluding hydrogens is 352 g/mol. The quantitative estimate of drug-likeness (QED) is 0.747. The largest absolute Gasteiger partial charge is 0.495 e. The third-order valence-corrected chi connectivity index (χ3v) is 5.15. The summed E-state index contributed by atoms with van der Waals surface area (Å²) >= 11 is 7.05. The molecule has 0 aromatic heterocycles. The molecule has 3 nitrogen and oxygen atoms in total. The molecular formula is C12H10Br2O3. The van der Waals surface area contributed by atoms with Crippen LogP contribution in [0.2, 0.25) is 0 Å². The topological polar surface area (TPSA) is 27.7 Å². The van der Waals surface area contributed by atoms with Crippen molar-refractivity contribution in [2.45, 2.75) is 12.2 Å². The fourth-order valence-electron chi connectivity index (χ4n) is 2.42. The van der Waals surface area contributed by atoms with E-state index in [2.05, 4.69) is 44.0 Å². The van der Waals surface area contributed by atoms with E-state index >= 15 is 0 Å². The SMILES string of the molecule is COc1c(Br)c(Br)c(OC)c2c1[C@H]1C=C[C@H]2O1. The number of hydrogen-bond donors (Lipinski definition) is 0. The van der Waals surface area contributed by atoms with E-state index < -0.39 is 0 Å². The number of fused-ring (bicyclic) bond motifs is 5. The summed E-state index contributed by atoms with van der Waals surface area (Å²) < 4.78 is 18.5. The zero-order chi connectivity index (χ0) is 12.2. The van der Waals surface area contributed by atoms with Crippen LogP contribution >= 0.6 is 31.9 Å². The Morgan fingerprint density at radius 3 is 1.71 bits per heavy atom. The van der Waals surface area contributed by atoms with Crippen molar-refractivity contribution in [3.05, 3.63) is 32.2 Å². The van der Waals surface area contributed by atoms with E-state index in [1.165, 1.54) is 0 Å². The van der Waals surface area contributed by atoms with Gasteiger partial charge in [0.15, 0.2) is 0 Å². The molecule has 17 heavy (non-hydrogen) atoms. The first-order valence-corrected chi connectivity index (χ1v) is 6.74. The first kappa shape index (κ1) is 11.6. The summed E-state index contributed by atoms with van der Waals surface area (Å²) in [6.07, 6.45) is 4.05. The van der Waals surface area contributed by atoms with Gasteiger partial charge in [0.1, 0.15) is 23.7 Å². The average Bonchev–Trinajstić information content (AvgIpc) is 2.92. The van der Waals surface area contributed by atoms with E-state index in [0.29, 0.717) is 0 Å². The minimum Gasteiger partial charge on any atom is -0.495 e. The first-order chi connectivity index (χ1) is 8.19. The molecule has 0 saturated heterocycles. The number of rotatable bonds is 2. The zero-order valence-electron chi connectivity index (χ0n) is 9.29. The van der Waals surface area contributed by atoms with Crippen molar-refractivity contribution in [1.29, 1.82) is 0 Å². The Balaban J connectivity index is 2.35. The molecule has 2 bridgehead atoms. The maximum atomic E-state index is 5.82. The lowest BCUT2D eigenvalue weighted by molar-refractivity contribution is 0.0861. The van der Waals surface area contributed by atoms with Crippen LogP contribution in [0.5, 0.6) is 11.5 Å². The Bertz CT molecular complexity index is 480. The van der Waals surface area contributed by atoms with Crippen molar-refractivity contribution in [3.63, 3.8) is 0 Å². The Morgan fingerprint density at radius 1 is 0.941 bits per heavy atom. The lowest BCUT2D eigenvalue weighted by atomic mass is 9.95. The summed E-state index contributed by atoms with van der Waals surface area (Å²) in [6, 6.07) is 0. The second kappa shape index (κ2) is 4.00. The predicted octanol–water partition coefficient (Wildman–Crippen LogP) is 3.91. The molecule has 2 heterocycles. The van der Waals surface area contributed by atoms with Gasteiger partial charge in [0.25, 0.3) is 0 Å². The Hall–Kier alpha value is -0.520. The van der Waals surface area contributed by atoms with Crippen LogP contribution in [0.25, 0.3) is 0 Å². The van der Waals surface area contributed by atoms with Crippen LogP contribution in [0.1, 0.15) is 23.3 Å². The monoisotopic (exact) mass is 360 g/mol. The highest BCUT2D eigenvalue weighted by atomic mass is 79.9. The molecule has 90 valence electrons. The summed E-state index contributed by atoms with van der Waals surface area (Å²) in [7, 11) is 3.32. The molecule has 0 fully saturated rings. The Labute approximate surface area is 116 Å². The minimum absolute atomic E-state index is 0.0248. The summed E-state index contributed by atoms with van der Waals surface area (Å²) in [5.41, 5.74) is 2.12. The standard InChI is InChI=1S/C12H10Br2O3/c1-15-11-7-5-3-4-6(17-5)8(7)12(16-2)10(14)9(11)13/h3-6H,1-2H3/t5-,6-/m1/s1. The van der Waals surface area contributed by atoms with Crippen molar-refractivity contribution in [2.75, 3.05) is 14.2 Å². The molecule has 0 spiro atoms. The summed E-state index contributed by atoms with van der Waals surface area (Å²) in [5, 5.41) is 0. The molecule has 0 aliphatic carbocycles. The van der Waals surface area contributed by atoms with Crippen LogP contribution in [0.4, 0.5) is 0 Å². The lowest BCUT2D eigenvalue weighted by Crippen LogP contribution is -2.03. The van der Waals surface area contributed by atoms with Crippen molar-refractivity contribution in [3.8, 4) is 11.5 Å². The van der Waals surface area contributed by atoms with Crippen LogP contribution in [0.15, 0.2) is 21.1 Å². The van der Waals surface area contributed by atoms with Crippen LogP contribution in [0.3, 0.4) is 0 Å². The molecule has 2 aliphatic heterocycles. The van der Waals surface area contributed by atoms with Crippen molar-refractivity contribution >= 4 is 31.9 Å². The molecule has 3 rings (SSSR count). The maximum absolute atomic E-state index is 5.82. The second-order valence-electron chi connectivity index (χ2n) is 3.88. The Morgan fingerprint density at radius 2 is 1.35 bits per heavy atom. The van der Waals surface area contributed by atoms with Gasteiger partial charge in [-0.3, -0.25) is 0 Å². The molecule has 1 aromatic carbocycles. The molecule has 2 atom stereocenters. The predicted molar refractivity (Wildman–Crippen MR) is 70.7 cm³/mol. The van der Waals surface area contributed by atoms with E-state index in [9.17, 15) is 0 Å². The zero-order valence-corrected chi connectivity index (χ0v) is 12.5. The molecule has 5 heteroatoms. The molecule has 1 aromatic rings. The third-order valence-electron chi connectivity index (χ3n) is 3.10. The average molecular weight is 362 g/mol. The van der Waals surface area contributed by atoms with E-state index in [-0.39, 0.29) is 12.2 Å². The summed E-state index contributed by atoms with van der Waals surface area (Å²) in [5.74, 6) is 1.62. The van der Waals surface area contributed by atoms with E-state index in [1.807, 2.05) is 0 Å². The van der Waals surface area contributed by atoms with Crippen molar-refractivity contribution in [1.82, 2.24) is 0 Å². The van der Waals surface area contributed by atoms with Gasteiger partial charge < -0.3 is 14.2 Å². The molecule has 0 N–H and O–H groups in total. The number of halogens is 2. The molecule has 0 saturated carbocycles. The summed E-state index contributed by atoms with van der Waals surface area (Å²) in [6.45, 7) is 0. The fraction of sp³-hybridized carbons (Fsp3) is 0.333. The van der Waals surface area contributed by atoms with Gasteiger partial charge in [-0.2, -0.15) is 0 Å². The van der Waals surface area contributed by atoms with Crippen LogP contribution in [-0.4, -0.2) is 14.2 Å². The van der Waals surface area contributed by atoms with Gasteiger partial charge >= 0.3 is 0 Å². The molecule has 0 radical (unpaired) electrons. The van der Waals surface area contributed by atoms with Crippen LogP contribution < -0.4 is 9.47 Å². The number of methoxy groups -OCH3 is 2. The Kier molecular flexibility index (Phi) is 2.72. The van der Waals surface area contributed by atoms with E-state index in [0.717, 1.165) is 31.6 Å². The van der Waals surface area contributed by atoms with E-state index in [1.54, 1.807) is 14.2 Å². The highest BCUT2D eigenvalue weighted by molar-refractivity contribution is 9.13.